The average molecular weight is 334 g/mol. The summed E-state index contributed by atoms with van der Waals surface area (Å²) in [5, 5.41) is 3.58. The Hall–Kier alpha value is 0.0300. The molecule has 1 aromatic rings. The van der Waals surface area contributed by atoms with Crippen LogP contribution >= 0.6 is 27.7 Å². The van der Waals surface area contributed by atoms with Crippen LogP contribution in [0.2, 0.25) is 0 Å². The number of hydrogen-bond donors (Lipinski definition) is 1. The molecule has 1 aliphatic rings. The Kier molecular flexibility index (Phi) is 5.18. The summed E-state index contributed by atoms with van der Waals surface area (Å²) in [5.41, 5.74) is 0. The van der Waals surface area contributed by atoms with E-state index in [2.05, 4.69) is 34.4 Å². The minimum atomic E-state index is 0.239. The summed E-state index contributed by atoms with van der Waals surface area (Å²) in [6.45, 7) is 4.89. The maximum Gasteiger partial charge on any atom is 0.169 e. The van der Waals surface area contributed by atoms with Crippen LogP contribution in [-0.2, 0) is 4.74 Å². The first-order valence-electron chi connectivity index (χ1n) is 6.27. The van der Waals surface area contributed by atoms with Crippen molar-refractivity contribution in [2.75, 3.05) is 26.0 Å². The van der Waals surface area contributed by atoms with E-state index in [9.17, 15) is 0 Å². The Labute approximate surface area is 121 Å². The third-order valence-corrected chi connectivity index (χ3v) is 5.43. The van der Waals surface area contributed by atoms with Crippen molar-refractivity contribution in [3.63, 3.8) is 0 Å². The lowest BCUT2D eigenvalue weighted by molar-refractivity contribution is 0.0764. The first kappa shape index (κ1) is 14.4. The number of ether oxygens (including phenoxy) is 1. The SMILES string of the molecule is CSC1(CNC(C)c2ccc(Br)o2)CCOCC1. The topological polar surface area (TPSA) is 34.4 Å². The molecule has 1 fully saturated rings. The molecule has 5 heteroatoms. The van der Waals surface area contributed by atoms with E-state index < -0.39 is 0 Å². The van der Waals surface area contributed by atoms with Gasteiger partial charge in [-0.2, -0.15) is 11.8 Å². The zero-order valence-electron chi connectivity index (χ0n) is 10.9. The van der Waals surface area contributed by atoms with Crippen LogP contribution in [0.4, 0.5) is 0 Å². The van der Waals surface area contributed by atoms with Crippen LogP contribution in [0.3, 0.4) is 0 Å². The summed E-state index contributed by atoms with van der Waals surface area (Å²) in [7, 11) is 0. The third-order valence-electron chi connectivity index (χ3n) is 3.59. The predicted molar refractivity (Wildman–Crippen MR) is 79.1 cm³/mol. The quantitative estimate of drug-likeness (QED) is 0.892. The molecule has 0 aliphatic carbocycles. The van der Waals surface area contributed by atoms with Crippen molar-refractivity contribution in [1.82, 2.24) is 5.32 Å². The fourth-order valence-corrected chi connectivity index (χ4v) is 3.32. The highest BCUT2D eigenvalue weighted by molar-refractivity contribution is 9.10. The first-order valence-corrected chi connectivity index (χ1v) is 8.28. The Bertz CT molecular complexity index is 377. The molecule has 1 unspecified atom stereocenters. The fourth-order valence-electron chi connectivity index (χ4n) is 2.20. The van der Waals surface area contributed by atoms with Gasteiger partial charge in [0.25, 0.3) is 0 Å². The number of nitrogens with one attached hydrogen (secondary N) is 1. The molecule has 18 heavy (non-hydrogen) atoms. The standard InChI is InChI=1S/C13H20BrNO2S/c1-10(11-3-4-12(14)17-11)15-9-13(18-2)5-7-16-8-6-13/h3-4,10,15H,5-9H2,1-2H3. The molecule has 0 spiro atoms. The molecule has 1 aliphatic heterocycles. The van der Waals surface area contributed by atoms with Gasteiger partial charge in [-0.05, 0) is 54.1 Å². The monoisotopic (exact) mass is 333 g/mol. The highest BCUT2D eigenvalue weighted by atomic mass is 79.9. The van der Waals surface area contributed by atoms with Crippen molar-refractivity contribution in [2.24, 2.45) is 0 Å². The zero-order valence-corrected chi connectivity index (χ0v) is 13.3. The maximum atomic E-state index is 5.57. The molecule has 0 aromatic carbocycles. The molecule has 1 atom stereocenters. The largest absolute Gasteiger partial charge is 0.453 e. The van der Waals surface area contributed by atoms with Crippen molar-refractivity contribution >= 4 is 27.7 Å². The van der Waals surface area contributed by atoms with E-state index in [-0.39, 0.29) is 6.04 Å². The molecule has 0 saturated carbocycles. The molecular weight excluding hydrogens is 314 g/mol. The second-order valence-corrected chi connectivity index (χ2v) is 6.80. The van der Waals surface area contributed by atoms with Crippen LogP contribution in [0.15, 0.2) is 21.2 Å². The van der Waals surface area contributed by atoms with Crippen LogP contribution in [0.25, 0.3) is 0 Å². The van der Waals surface area contributed by atoms with Crippen LogP contribution in [0.1, 0.15) is 31.6 Å². The molecule has 0 bridgehead atoms. The first-order chi connectivity index (χ1) is 8.65. The lowest BCUT2D eigenvalue weighted by atomic mass is 9.98. The van der Waals surface area contributed by atoms with Gasteiger partial charge in [0.2, 0.25) is 0 Å². The minimum Gasteiger partial charge on any atom is -0.453 e. The van der Waals surface area contributed by atoms with Crippen LogP contribution < -0.4 is 5.32 Å². The molecule has 0 amide bonds. The van der Waals surface area contributed by atoms with E-state index in [4.69, 9.17) is 9.15 Å². The fraction of sp³-hybridized carbons (Fsp3) is 0.692. The van der Waals surface area contributed by atoms with E-state index in [0.717, 1.165) is 43.0 Å². The van der Waals surface area contributed by atoms with Crippen molar-refractivity contribution in [1.29, 1.82) is 0 Å². The van der Waals surface area contributed by atoms with Crippen LogP contribution in [0, 0.1) is 0 Å². The average Bonchev–Trinajstić information content (AvgIpc) is 2.84. The normalized spacial score (nSPS) is 20.8. The Morgan fingerprint density at radius 3 is 2.72 bits per heavy atom. The van der Waals surface area contributed by atoms with Gasteiger partial charge in [0, 0.05) is 24.5 Å². The number of rotatable bonds is 5. The molecule has 3 nitrogen and oxygen atoms in total. The van der Waals surface area contributed by atoms with Crippen molar-refractivity contribution in [2.45, 2.75) is 30.6 Å². The summed E-state index contributed by atoms with van der Waals surface area (Å²) < 4.78 is 12.1. The molecule has 2 heterocycles. The smallest absolute Gasteiger partial charge is 0.169 e. The van der Waals surface area contributed by atoms with Crippen LogP contribution in [-0.4, -0.2) is 30.8 Å². The lowest BCUT2D eigenvalue weighted by Gasteiger charge is -2.36. The van der Waals surface area contributed by atoms with Gasteiger partial charge >= 0.3 is 0 Å². The molecule has 102 valence electrons. The Balaban J connectivity index is 1.89. The molecule has 1 N–H and O–H groups in total. The van der Waals surface area contributed by atoms with Gasteiger partial charge < -0.3 is 14.5 Å². The van der Waals surface area contributed by atoms with Gasteiger partial charge in [-0.1, -0.05) is 0 Å². The third kappa shape index (κ3) is 3.53. The highest BCUT2D eigenvalue weighted by Crippen LogP contribution is 2.33. The second kappa shape index (κ2) is 6.46. The van der Waals surface area contributed by atoms with E-state index >= 15 is 0 Å². The van der Waals surface area contributed by atoms with Gasteiger partial charge in [-0.15, -0.1) is 0 Å². The Morgan fingerprint density at radius 1 is 1.44 bits per heavy atom. The van der Waals surface area contributed by atoms with Gasteiger partial charge in [0.05, 0.1) is 6.04 Å². The second-order valence-electron chi connectivity index (χ2n) is 4.74. The molecule has 1 saturated heterocycles. The number of halogens is 1. The molecule has 0 radical (unpaired) electrons. The number of thioether (sulfide) groups is 1. The van der Waals surface area contributed by atoms with Gasteiger partial charge in [0.1, 0.15) is 5.76 Å². The summed E-state index contributed by atoms with van der Waals surface area (Å²) in [6, 6.07) is 4.19. The highest BCUT2D eigenvalue weighted by Gasteiger charge is 2.32. The van der Waals surface area contributed by atoms with Crippen molar-refractivity contribution in [3.05, 3.63) is 22.6 Å². The van der Waals surface area contributed by atoms with Crippen molar-refractivity contribution < 1.29 is 9.15 Å². The van der Waals surface area contributed by atoms with Crippen molar-refractivity contribution in [3.8, 4) is 0 Å². The molecule has 2 rings (SSSR count). The number of hydrogen-bond acceptors (Lipinski definition) is 4. The molecule has 1 aromatic heterocycles. The maximum absolute atomic E-state index is 5.57. The van der Waals surface area contributed by atoms with Crippen LogP contribution in [0.5, 0.6) is 0 Å². The van der Waals surface area contributed by atoms with Gasteiger partial charge in [-0.3, -0.25) is 0 Å². The minimum absolute atomic E-state index is 0.239. The van der Waals surface area contributed by atoms with E-state index in [1.54, 1.807) is 0 Å². The lowest BCUT2D eigenvalue weighted by Crippen LogP contribution is -2.43. The Morgan fingerprint density at radius 2 is 2.17 bits per heavy atom. The van der Waals surface area contributed by atoms with Gasteiger partial charge in [-0.25, -0.2) is 0 Å². The van der Waals surface area contributed by atoms with Gasteiger partial charge in [0.15, 0.2) is 4.67 Å². The summed E-state index contributed by atoms with van der Waals surface area (Å²) in [6.07, 6.45) is 4.44. The summed E-state index contributed by atoms with van der Waals surface area (Å²) in [5.74, 6) is 0.977. The van der Waals surface area contributed by atoms with E-state index in [0.29, 0.717) is 4.75 Å². The molecular formula is C13H20BrNO2S. The van der Waals surface area contributed by atoms with E-state index in [1.807, 2.05) is 23.9 Å². The number of furan rings is 1. The summed E-state index contributed by atoms with van der Waals surface area (Å²) in [4.78, 5) is 0. The predicted octanol–water partition coefficient (Wildman–Crippen LogP) is 3.60. The van der Waals surface area contributed by atoms with E-state index in [1.165, 1.54) is 0 Å². The zero-order chi connectivity index (χ0) is 13.0. The summed E-state index contributed by atoms with van der Waals surface area (Å²) >= 11 is 5.29.